The molecular formula is C13H24N2O5S. The number of carboxylic acid groups (broad SMARTS) is 1. The molecule has 8 heteroatoms. The number of carbonyl (C=O) groups is 2. The highest BCUT2D eigenvalue weighted by atomic mass is 32.2. The molecule has 0 bridgehead atoms. The number of sulfone groups is 1. The first-order chi connectivity index (χ1) is 9.54. The van der Waals surface area contributed by atoms with E-state index >= 15 is 0 Å². The van der Waals surface area contributed by atoms with E-state index in [1.54, 1.807) is 0 Å². The lowest BCUT2D eigenvalue weighted by atomic mass is 9.84. The van der Waals surface area contributed by atoms with Crippen LogP contribution < -0.4 is 10.6 Å². The molecule has 0 aromatic heterocycles. The molecule has 0 aromatic carbocycles. The fraction of sp³-hybridized carbons (Fsp3) is 0.846. The quantitative estimate of drug-likeness (QED) is 0.692. The number of carbonyl (C=O) groups excluding carboxylic acids is 1. The Bertz CT molecular complexity index is 501. The third-order valence-corrected chi connectivity index (χ3v) is 6.23. The lowest BCUT2D eigenvalue weighted by Gasteiger charge is -2.30. The van der Waals surface area contributed by atoms with E-state index in [4.69, 9.17) is 5.11 Å². The van der Waals surface area contributed by atoms with Gasteiger partial charge in [-0.25, -0.2) is 13.2 Å². The summed E-state index contributed by atoms with van der Waals surface area (Å²) in [5, 5.41) is 14.3. The summed E-state index contributed by atoms with van der Waals surface area (Å²) in [6.45, 7) is 3.04. The lowest BCUT2D eigenvalue weighted by molar-refractivity contribution is -0.143. The van der Waals surface area contributed by atoms with Crippen LogP contribution in [0.25, 0.3) is 0 Å². The van der Waals surface area contributed by atoms with Crippen molar-refractivity contribution in [2.24, 2.45) is 5.92 Å². The van der Waals surface area contributed by atoms with Crippen LogP contribution >= 0.6 is 0 Å². The van der Waals surface area contributed by atoms with Crippen LogP contribution in [0.15, 0.2) is 0 Å². The molecule has 2 unspecified atom stereocenters. The zero-order chi connectivity index (χ0) is 16.3. The fourth-order valence-electron chi connectivity index (χ4n) is 2.24. The topological polar surface area (TPSA) is 113 Å². The summed E-state index contributed by atoms with van der Waals surface area (Å²) < 4.78 is 22.0. The van der Waals surface area contributed by atoms with Gasteiger partial charge in [0.2, 0.25) is 0 Å². The Morgan fingerprint density at radius 3 is 2.33 bits per heavy atom. The van der Waals surface area contributed by atoms with E-state index in [0.717, 1.165) is 19.1 Å². The highest BCUT2D eigenvalue weighted by Crippen LogP contribution is 2.24. The van der Waals surface area contributed by atoms with Crippen LogP contribution in [0.1, 0.15) is 39.5 Å². The first-order valence-corrected chi connectivity index (χ1v) is 8.90. The largest absolute Gasteiger partial charge is 0.481 e. The molecule has 0 aromatic rings. The van der Waals surface area contributed by atoms with Gasteiger partial charge in [-0.1, -0.05) is 12.8 Å². The maximum atomic E-state index is 11.8. The Hall–Kier alpha value is -1.31. The maximum Gasteiger partial charge on any atom is 0.315 e. The van der Waals surface area contributed by atoms with Gasteiger partial charge in [0.1, 0.15) is 0 Å². The third kappa shape index (κ3) is 4.87. The van der Waals surface area contributed by atoms with Crippen LogP contribution in [0.5, 0.6) is 0 Å². The van der Waals surface area contributed by atoms with Gasteiger partial charge in [0, 0.05) is 18.8 Å². The van der Waals surface area contributed by atoms with Crippen LogP contribution in [0.2, 0.25) is 0 Å². The molecule has 1 fully saturated rings. The van der Waals surface area contributed by atoms with Gasteiger partial charge >= 0.3 is 12.0 Å². The number of hydrogen-bond acceptors (Lipinski definition) is 4. The standard InChI is InChI=1S/C13H24N2O5S/c1-13(2,21(3,19)20)8-14-12(18)15-10-7-5-4-6-9(10)11(16)17/h9-10H,4-8H2,1-3H3,(H,16,17)(H2,14,15,18). The second-order valence-electron chi connectivity index (χ2n) is 6.19. The summed E-state index contributed by atoms with van der Waals surface area (Å²) in [6.07, 6.45) is 4.02. The van der Waals surface area contributed by atoms with Crippen molar-refractivity contribution in [1.29, 1.82) is 0 Å². The Labute approximate surface area is 125 Å². The van der Waals surface area contributed by atoms with E-state index in [-0.39, 0.29) is 6.54 Å². The van der Waals surface area contributed by atoms with Gasteiger partial charge in [-0.3, -0.25) is 4.79 Å². The smallest absolute Gasteiger partial charge is 0.315 e. The van der Waals surface area contributed by atoms with Gasteiger partial charge < -0.3 is 15.7 Å². The first kappa shape index (κ1) is 17.7. The van der Waals surface area contributed by atoms with Crippen molar-refractivity contribution in [2.75, 3.05) is 12.8 Å². The summed E-state index contributed by atoms with van der Waals surface area (Å²) in [6, 6.07) is -0.928. The lowest BCUT2D eigenvalue weighted by Crippen LogP contribution is -2.52. The molecule has 122 valence electrons. The predicted molar refractivity (Wildman–Crippen MR) is 78.8 cm³/mol. The van der Waals surface area contributed by atoms with E-state index in [0.29, 0.717) is 12.8 Å². The maximum absolute atomic E-state index is 11.8. The molecule has 2 amide bonds. The minimum atomic E-state index is -3.29. The number of nitrogens with one attached hydrogen (secondary N) is 2. The van der Waals surface area contributed by atoms with E-state index in [1.165, 1.54) is 13.8 Å². The summed E-state index contributed by atoms with van der Waals surface area (Å²) in [7, 11) is -3.29. The molecule has 2 atom stereocenters. The minimum Gasteiger partial charge on any atom is -0.481 e. The Kier molecular flexibility index (Phi) is 5.61. The highest BCUT2D eigenvalue weighted by molar-refractivity contribution is 7.92. The molecule has 0 aliphatic heterocycles. The average Bonchev–Trinajstić information content (AvgIpc) is 2.35. The molecule has 0 spiro atoms. The van der Waals surface area contributed by atoms with E-state index in [1.807, 2.05) is 0 Å². The fourth-order valence-corrected chi connectivity index (χ4v) is 2.58. The monoisotopic (exact) mass is 320 g/mol. The Balaban J connectivity index is 2.55. The van der Waals surface area contributed by atoms with Crippen molar-refractivity contribution < 1.29 is 23.1 Å². The number of aliphatic carboxylic acids is 1. The van der Waals surface area contributed by atoms with E-state index < -0.39 is 38.5 Å². The van der Waals surface area contributed by atoms with Crippen LogP contribution in [0.3, 0.4) is 0 Å². The summed E-state index contributed by atoms with van der Waals surface area (Å²) in [5.41, 5.74) is 0. The van der Waals surface area contributed by atoms with Crippen LogP contribution in [0.4, 0.5) is 4.79 Å². The van der Waals surface area contributed by atoms with Gasteiger partial charge in [-0.05, 0) is 26.7 Å². The zero-order valence-corrected chi connectivity index (χ0v) is 13.5. The molecular weight excluding hydrogens is 296 g/mol. The summed E-state index contributed by atoms with van der Waals surface area (Å²) in [5.74, 6) is -1.48. The van der Waals surface area contributed by atoms with Gasteiger partial charge in [0.15, 0.2) is 9.84 Å². The SMILES string of the molecule is CC(C)(CNC(=O)NC1CCCCC1C(=O)O)S(C)(=O)=O. The molecule has 0 saturated heterocycles. The van der Waals surface area contributed by atoms with Crippen molar-refractivity contribution in [3.8, 4) is 0 Å². The normalized spacial score (nSPS) is 23.4. The van der Waals surface area contributed by atoms with Gasteiger partial charge in [-0.2, -0.15) is 0 Å². The second-order valence-corrected chi connectivity index (χ2v) is 8.84. The summed E-state index contributed by atoms with van der Waals surface area (Å²) >= 11 is 0. The average molecular weight is 320 g/mol. The highest BCUT2D eigenvalue weighted by Gasteiger charge is 2.33. The van der Waals surface area contributed by atoms with Crippen LogP contribution in [-0.2, 0) is 14.6 Å². The number of urea groups is 1. The molecule has 1 aliphatic carbocycles. The van der Waals surface area contributed by atoms with Crippen molar-refractivity contribution in [3.05, 3.63) is 0 Å². The molecule has 7 nitrogen and oxygen atoms in total. The van der Waals surface area contributed by atoms with Gasteiger partial charge in [0.25, 0.3) is 0 Å². The van der Waals surface area contributed by atoms with Crippen molar-refractivity contribution in [2.45, 2.75) is 50.3 Å². The molecule has 1 rings (SSSR count). The Morgan fingerprint density at radius 1 is 1.24 bits per heavy atom. The molecule has 1 saturated carbocycles. The first-order valence-electron chi connectivity index (χ1n) is 7.01. The van der Waals surface area contributed by atoms with Gasteiger partial charge in [0.05, 0.1) is 10.7 Å². The third-order valence-electron chi connectivity index (χ3n) is 4.08. The minimum absolute atomic E-state index is 0.0257. The number of rotatable bonds is 5. The van der Waals surface area contributed by atoms with Crippen molar-refractivity contribution >= 4 is 21.8 Å². The molecule has 0 radical (unpaired) electrons. The second kappa shape index (κ2) is 6.64. The zero-order valence-electron chi connectivity index (χ0n) is 12.7. The number of carboxylic acids is 1. The molecule has 21 heavy (non-hydrogen) atoms. The van der Waals surface area contributed by atoms with Crippen LogP contribution in [-0.4, -0.2) is 49.1 Å². The Morgan fingerprint density at radius 2 is 1.81 bits per heavy atom. The summed E-state index contributed by atoms with van der Waals surface area (Å²) in [4.78, 5) is 23.0. The van der Waals surface area contributed by atoms with Crippen molar-refractivity contribution in [1.82, 2.24) is 10.6 Å². The van der Waals surface area contributed by atoms with Crippen molar-refractivity contribution in [3.63, 3.8) is 0 Å². The molecule has 1 aliphatic rings. The van der Waals surface area contributed by atoms with Crippen LogP contribution in [0, 0.1) is 5.92 Å². The predicted octanol–water partition coefficient (Wildman–Crippen LogP) is 0.752. The van der Waals surface area contributed by atoms with E-state index in [9.17, 15) is 18.0 Å². The van der Waals surface area contributed by atoms with E-state index in [2.05, 4.69) is 10.6 Å². The number of hydrogen-bond donors (Lipinski definition) is 3. The van der Waals surface area contributed by atoms with Gasteiger partial charge in [-0.15, -0.1) is 0 Å². The molecule has 3 N–H and O–H groups in total. The number of amides is 2. The molecule has 0 heterocycles.